The molecule has 0 aromatic rings. The van der Waals surface area contributed by atoms with Crippen LogP contribution in [-0.2, 0) is 19.6 Å². The standard InChI is InChI=1S/C11H22N2O5S/c1-8(2)7-9(11(15)16)12-10(14)5-6-19(17,18)13(3)4/h8-9H,5-7H2,1-4H3,(H,12,14)(H,15,16). The molecule has 0 fully saturated rings. The van der Waals surface area contributed by atoms with Gasteiger partial charge < -0.3 is 10.4 Å². The topological polar surface area (TPSA) is 104 Å². The summed E-state index contributed by atoms with van der Waals surface area (Å²) in [5.41, 5.74) is 0. The molecule has 1 amide bonds. The molecule has 1 atom stereocenters. The smallest absolute Gasteiger partial charge is 0.326 e. The summed E-state index contributed by atoms with van der Waals surface area (Å²) in [5, 5.41) is 11.3. The van der Waals surface area contributed by atoms with Gasteiger partial charge in [-0.1, -0.05) is 13.8 Å². The zero-order chi connectivity index (χ0) is 15.2. The van der Waals surface area contributed by atoms with Gasteiger partial charge in [0.15, 0.2) is 0 Å². The lowest BCUT2D eigenvalue weighted by molar-refractivity contribution is -0.142. The van der Waals surface area contributed by atoms with Crippen LogP contribution in [0.5, 0.6) is 0 Å². The first-order valence-corrected chi connectivity index (χ1v) is 7.59. The zero-order valence-electron chi connectivity index (χ0n) is 11.7. The highest BCUT2D eigenvalue weighted by Crippen LogP contribution is 2.05. The maximum atomic E-state index is 11.6. The third-order valence-electron chi connectivity index (χ3n) is 2.48. The van der Waals surface area contributed by atoms with Crippen LogP contribution in [0.1, 0.15) is 26.7 Å². The highest BCUT2D eigenvalue weighted by molar-refractivity contribution is 7.89. The van der Waals surface area contributed by atoms with Crippen molar-refractivity contribution in [3.63, 3.8) is 0 Å². The number of rotatable bonds is 8. The van der Waals surface area contributed by atoms with Gasteiger partial charge in [-0.05, 0) is 12.3 Å². The molecular weight excluding hydrogens is 272 g/mol. The lowest BCUT2D eigenvalue weighted by atomic mass is 10.0. The van der Waals surface area contributed by atoms with Gasteiger partial charge in [0.2, 0.25) is 15.9 Å². The normalized spacial score (nSPS) is 13.6. The van der Waals surface area contributed by atoms with E-state index in [4.69, 9.17) is 5.11 Å². The number of nitrogens with one attached hydrogen (secondary N) is 1. The molecule has 0 bridgehead atoms. The van der Waals surface area contributed by atoms with Gasteiger partial charge >= 0.3 is 5.97 Å². The molecule has 0 saturated heterocycles. The molecule has 0 aliphatic heterocycles. The van der Waals surface area contributed by atoms with Crippen molar-refractivity contribution in [2.45, 2.75) is 32.7 Å². The number of hydrogen-bond donors (Lipinski definition) is 2. The number of sulfonamides is 1. The number of carbonyl (C=O) groups excluding carboxylic acids is 1. The molecule has 0 aliphatic rings. The molecule has 112 valence electrons. The van der Waals surface area contributed by atoms with Crippen molar-refractivity contribution >= 4 is 21.9 Å². The van der Waals surface area contributed by atoms with E-state index in [1.165, 1.54) is 14.1 Å². The number of carboxylic acids is 1. The predicted octanol–water partition coefficient (Wildman–Crippen LogP) is -0.117. The van der Waals surface area contributed by atoms with Gasteiger partial charge in [-0.25, -0.2) is 17.5 Å². The van der Waals surface area contributed by atoms with Crippen LogP contribution in [0.3, 0.4) is 0 Å². The van der Waals surface area contributed by atoms with E-state index in [0.29, 0.717) is 6.42 Å². The summed E-state index contributed by atoms with van der Waals surface area (Å²) in [6.45, 7) is 3.69. The van der Waals surface area contributed by atoms with E-state index in [2.05, 4.69) is 5.32 Å². The molecule has 0 aromatic heterocycles. The van der Waals surface area contributed by atoms with Crippen LogP contribution in [0, 0.1) is 5.92 Å². The second-order valence-corrected chi connectivity index (χ2v) is 7.24. The maximum absolute atomic E-state index is 11.6. The first kappa shape index (κ1) is 17.8. The zero-order valence-corrected chi connectivity index (χ0v) is 12.5. The van der Waals surface area contributed by atoms with Gasteiger partial charge in [-0.2, -0.15) is 0 Å². The fourth-order valence-electron chi connectivity index (χ4n) is 1.36. The van der Waals surface area contributed by atoms with Crippen molar-refractivity contribution in [1.82, 2.24) is 9.62 Å². The maximum Gasteiger partial charge on any atom is 0.326 e. The summed E-state index contributed by atoms with van der Waals surface area (Å²) in [6, 6.07) is -0.977. The van der Waals surface area contributed by atoms with Crippen molar-refractivity contribution in [3.8, 4) is 0 Å². The van der Waals surface area contributed by atoms with Crippen molar-refractivity contribution < 1.29 is 23.1 Å². The Balaban J connectivity index is 4.40. The second kappa shape index (κ2) is 7.44. The second-order valence-electron chi connectivity index (χ2n) is 4.94. The fraction of sp³-hybridized carbons (Fsp3) is 0.818. The summed E-state index contributed by atoms with van der Waals surface area (Å²) in [4.78, 5) is 22.5. The van der Waals surface area contributed by atoms with E-state index < -0.39 is 27.9 Å². The molecule has 0 spiro atoms. The van der Waals surface area contributed by atoms with Crippen molar-refractivity contribution in [2.24, 2.45) is 5.92 Å². The Bertz CT molecular complexity index is 417. The van der Waals surface area contributed by atoms with E-state index in [1.807, 2.05) is 13.8 Å². The molecular formula is C11H22N2O5S. The van der Waals surface area contributed by atoms with Gasteiger partial charge in [0.05, 0.1) is 5.75 Å². The van der Waals surface area contributed by atoms with Crippen molar-refractivity contribution in [1.29, 1.82) is 0 Å². The van der Waals surface area contributed by atoms with Crippen LogP contribution < -0.4 is 5.32 Å². The molecule has 0 radical (unpaired) electrons. The number of nitrogens with zero attached hydrogens (tertiary/aromatic N) is 1. The number of hydrogen-bond acceptors (Lipinski definition) is 4. The Labute approximate surface area is 114 Å². The highest BCUT2D eigenvalue weighted by Gasteiger charge is 2.22. The minimum atomic E-state index is -3.45. The Morgan fingerprint density at radius 3 is 2.16 bits per heavy atom. The molecule has 1 unspecified atom stereocenters. The van der Waals surface area contributed by atoms with Gasteiger partial charge in [0.25, 0.3) is 0 Å². The number of carboxylic acid groups (broad SMARTS) is 1. The first-order chi connectivity index (χ1) is 8.56. The summed E-state index contributed by atoms with van der Waals surface area (Å²) < 4.78 is 24.0. The summed E-state index contributed by atoms with van der Waals surface area (Å²) in [7, 11) is -0.685. The number of amides is 1. The van der Waals surface area contributed by atoms with Crippen LogP contribution in [0.4, 0.5) is 0 Å². The van der Waals surface area contributed by atoms with Crippen LogP contribution in [0.2, 0.25) is 0 Å². The Kier molecular flexibility index (Phi) is 6.99. The SMILES string of the molecule is CC(C)CC(NC(=O)CCS(=O)(=O)N(C)C)C(=O)O. The Morgan fingerprint density at radius 2 is 1.79 bits per heavy atom. The lowest BCUT2D eigenvalue weighted by Crippen LogP contribution is -2.42. The molecule has 0 aliphatic carbocycles. The van der Waals surface area contributed by atoms with Gasteiger partial charge in [0.1, 0.15) is 6.04 Å². The average molecular weight is 294 g/mol. The van der Waals surface area contributed by atoms with Crippen molar-refractivity contribution in [3.05, 3.63) is 0 Å². The molecule has 0 aromatic carbocycles. The van der Waals surface area contributed by atoms with E-state index in [9.17, 15) is 18.0 Å². The first-order valence-electron chi connectivity index (χ1n) is 5.98. The van der Waals surface area contributed by atoms with E-state index >= 15 is 0 Å². The molecule has 0 heterocycles. The summed E-state index contributed by atoms with van der Waals surface area (Å²) >= 11 is 0. The largest absolute Gasteiger partial charge is 0.480 e. The molecule has 0 saturated carbocycles. The fourth-order valence-corrected chi connectivity index (χ4v) is 2.17. The number of aliphatic carboxylic acids is 1. The molecule has 19 heavy (non-hydrogen) atoms. The lowest BCUT2D eigenvalue weighted by Gasteiger charge is -2.17. The monoisotopic (exact) mass is 294 g/mol. The number of carbonyl (C=O) groups is 2. The molecule has 8 heteroatoms. The molecule has 0 rings (SSSR count). The van der Waals surface area contributed by atoms with Crippen LogP contribution in [0.25, 0.3) is 0 Å². The highest BCUT2D eigenvalue weighted by atomic mass is 32.2. The van der Waals surface area contributed by atoms with Gasteiger partial charge in [0, 0.05) is 20.5 Å². The minimum absolute atomic E-state index is 0.118. The Morgan fingerprint density at radius 1 is 1.26 bits per heavy atom. The third kappa shape index (κ3) is 7.12. The predicted molar refractivity (Wildman–Crippen MR) is 71.1 cm³/mol. The van der Waals surface area contributed by atoms with E-state index in [0.717, 1.165) is 4.31 Å². The van der Waals surface area contributed by atoms with Crippen LogP contribution in [-0.4, -0.2) is 55.6 Å². The molecule has 7 nitrogen and oxygen atoms in total. The van der Waals surface area contributed by atoms with Crippen LogP contribution in [0.15, 0.2) is 0 Å². The van der Waals surface area contributed by atoms with Gasteiger partial charge in [-0.3, -0.25) is 4.79 Å². The molecule has 2 N–H and O–H groups in total. The van der Waals surface area contributed by atoms with Crippen LogP contribution >= 0.6 is 0 Å². The van der Waals surface area contributed by atoms with Gasteiger partial charge in [-0.15, -0.1) is 0 Å². The average Bonchev–Trinajstić information content (AvgIpc) is 2.24. The summed E-state index contributed by atoms with van der Waals surface area (Å²) in [5.74, 6) is -1.90. The Hall–Kier alpha value is -1.15. The van der Waals surface area contributed by atoms with Crippen molar-refractivity contribution in [2.75, 3.05) is 19.8 Å². The van der Waals surface area contributed by atoms with E-state index in [1.54, 1.807) is 0 Å². The third-order valence-corrected chi connectivity index (χ3v) is 4.32. The quantitative estimate of drug-likeness (QED) is 0.649. The van der Waals surface area contributed by atoms with E-state index in [-0.39, 0.29) is 18.1 Å². The minimum Gasteiger partial charge on any atom is -0.480 e. The summed E-state index contributed by atoms with van der Waals surface area (Å²) in [6.07, 6.45) is 0.0594.